The number of nitrogen functional groups attached to an aromatic ring is 1. The highest BCUT2D eigenvalue weighted by atomic mass is 16.6. The molecule has 1 aromatic heterocycles. The van der Waals surface area contributed by atoms with E-state index in [-0.39, 0.29) is 17.6 Å². The zero-order valence-corrected chi connectivity index (χ0v) is 13.9. The number of rotatable bonds is 5. The zero-order chi connectivity index (χ0) is 17.1. The maximum atomic E-state index is 11.4. The lowest BCUT2D eigenvalue weighted by Gasteiger charge is -2.31. The van der Waals surface area contributed by atoms with Gasteiger partial charge < -0.3 is 20.7 Å². The molecule has 0 aliphatic carbocycles. The molecule has 3 rings (SSSR count). The van der Waals surface area contributed by atoms with Gasteiger partial charge in [-0.25, -0.2) is 0 Å². The van der Waals surface area contributed by atoms with Gasteiger partial charge in [0, 0.05) is 26.2 Å². The molecule has 0 bridgehead atoms. The lowest BCUT2D eigenvalue weighted by molar-refractivity contribution is -0.383. The van der Waals surface area contributed by atoms with Gasteiger partial charge in [-0.05, 0) is 31.6 Å². The van der Waals surface area contributed by atoms with E-state index in [1.54, 1.807) is 0 Å². The van der Waals surface area contributed by atoms with Crippen molar-refractivity contribution >= 4 is 23.3 Å². The molecule has 2 saturated heterocycles. The maximum Gasteiger partial charge on any atom is 0.353 e. The second-order valence-corrected chi connectivity index (χ2v) is 6.57. The van der Waals surface area contributed by atoms with E-state index in [9.17, 15) is 10.1 Å². The Morgan fingerprint density at radius 1 is 1.42 bits per heavy atom. The predicted molar refractivity (Wildman–Crippen MR) is 91.2 cm³/mol. The molecule has 0 aromatic carbocycles. The normalized spacial score (nSPS) is 24.1. The number of nitrogens with two attached hydrogens (primary N) is 1. The van der Waals surface area contributed by atoms with Crippen molar-refractivity contribution in [1.29, 1.82) is 0 Å². The van der Waals surface area contributed by atoms with Crippen LogP contribution in [0.1, 0.15) is 32.6 Å². The second-order valence-electron chi connectivity index (χ2n) is 6.57. The summed E-state index contributed by atoms with van der Waals surface area (Å²) in [5, 5.41) is 14.5. The summed E-state index contributed by atoms with van der Waals surface area (Å²) in [5.74, 6) is 1.01. The first-order valence-corrected chi connectivity index (χ1v) is 8.47. The van der Waals surface area contributed by atoms with Crippen molar-refractivity contribution in [2.45, 2.75) is 38.7 Å². The average Bonchev–Trinajstić information content (AvgIpc) is 3.05. The van der Waals surface area contributed by atoms with Crippen LogP contribution in [-0.4, -0.2) is 47.2 Å². The summed E-state index contributed by atoms with van der Waals surface area (Å²) in [6, 6.07) is 0. The quantitative estimate of drug-likeness (QED) is 0.617. The van der Waals surface area contributed by atoms with E-state index in [1.807, 2.05) is 4.90 Å². The molecular weight excluding hydrogens is 312 g/mol. The maximum absolute atomic E-state index is 11.4. The highest BCUT2D eigenvalue weighted by Gasteiger charge is 2.30. The molecule has 2 aliphatic rings. The largest absolute Gasteiger partial charge is 0.378 e. The summed E-state index contributed by atoms with van der Waals surface area (Å²) in [7, 11) is 0. The Hall–Kier alpha value is -2.16. The third kappa shape index (κ3) is 3.66. The molecule has 3 N–H and O–H groups in total. The molecule has 2 atom stereocenters. The standard InChI is InChI=1S/C15H24N6O3/c1-10-4-2-6-20(9-10)14-12(21(22)23)13(16)18-15(19-14)17-8-11-5-3-7-24-11/h10-11H,2-9H2,1H3,(H3,16,17,18,19)/t10-,11-/m0/s1. The van der Waals surface area contributed by atoms with Gasteiger partial charge in [-0.1, -0.05) is 6.92 Å². The van der Waals surface area contributed by atoms with Crippen molar-refractivity contribution in [2.24, 2.45) is 5.92 Å². The van der Waals surface area contributed by atoms with Crippen LogP contribution in [0.25, 0.3) is 0 Å². The molecule has 0 radical (unpaired) electrons. The number of ether oxygens (including phenoxy) is 1. The summed E-state index contributed by atoms with van der Waals surface area (Å²) >= 11 is 0. The van der Waals surface area contributed by atoms with Crippen molar-refractivity contribution in [2.75, 3.05) is 42.2 Å². The number of hydrogen-bond donors (Lipinski definition) is 2. The summed E-state index contributed by atoms with van der Waals surface area (Å²) in [6.07, 6.45) is 4.28. The molecule has 2 aliphatic heterocycles. The van der Waals surface area contributed by atoms with Gasteiger partial charge in [0.15, 0.2) is 0 Å². The molecule has 2 fully saturated rings. The van der Waals surface area contributed by atoms with Gasteiger partial charge in [0.1, 0.15) is 0 Å². The lowest BCUT2D eigenvalue weighted by Crippen LogP contribution is -2.35. The molecule has 0 amide bonds. The number of nitrogens with one attached hydrogen (secondary N) is 1. The average molecular weight is 336 g/mol. The van der Waals surface area contributed by atoms with Gasteiger partial charge in [-0.3, -0.25) is 10.1 Å². The van der Waals surface area contributed by atoms with E-state index in [1.165, 1.54) is 0 Å². The minimum atomic E-state index is -0.492. The van der Waals surface area contributed by atoms with Crippen LogP contribution in [0.15, 0.2) is 0 Å². The van der Waals surface area contributed by atoms with E-state index < -0.39 is 4.92 Å². The number of nitro groups is 1. The molecule has 0 spiro atoms. The molecule has 9 heteroatoms. The van der Waals surface area contributed by atoms with Crippen molar-refractivity contribution in [1.82, 2.24) is 9.97 Å². The van der Waals surface area contributed by atoms with Gasteiger partial charge in [-0.15, -0.1) is 0 Å². The number of piperidine rings is 1. The fourth-order valence-corrected chi connectivity index (χ4v) is 3.33. The molecule has 132 valence electrons. The van der Waals surface area contributed by atoms with Crippen LogP contribution in [-0.2, 0) is 4.74 Å². The van der Waals surface area contributed by atoms with E-state index in [2.05, 4.69) is 22.2 Å². The fraction of sp³-hybridized carbons (Fsp3) is 0.733. The van der Waals surface area contributed by atoms with Crippen LogP contribution < -0.4 is 16.0 Å². The van der Waals surface area contributed by atoms with Crippen LogP contribution in [0.4, 0.5) is 23.3 Å². The van der Waals surface area contributed by atoms with Crippen LogP contribution in [0.3, 0.4) is 0 Å². The lowest BCUT2D eigenvalue weighted by atomic mass is 10.0. The smallest absolute Gasteiger partial charge is 0.353 e. The highest BCUT2D eigenvalue weighted by Crippen LogP contribution is 2.34. The van der Waals surface area contributed by atoms with E-state index in [0.29, 0.717) is 24.2 Å². The topological polar surface area (TPSA) is 119 Å². The molecule has 0 unspecified atom stereocenters. The fourth-order valence-electron chi connectivity index (χ4n) is 3.33. The van der Waals surface area contributed by atoms with Crippen molar-refractivity contribution < 1.29 is 9.66 Å². The Kier molecular flexibility index (Phi) is 4.98. The Morgan fingerprint density at radius 2 is 2.25 bits per heavy atom. The highest BCUT2D eigenvalue weighted by molar-refractivity contribution is 5.71. The number of nitrogens with zero attached hydrogens (tertiary/aromatic N) is 4. The first-order valence-electron chi connectivity index (χ1n) is 8.47. The van der Waals surface area contributed by atoms with E-state index in [4.69, 9.17) is 10.5 Å². The van der Waals surface area contributed by atoms with Gasteiger partial charge in [0.25, 0.3) is 0 Å². The molecule has 9 nitrogen and oxygen atoms in total. The monoisotopic (exact) mass is 336 g/mol. The van der Waals surface area contributed by atoms with Crippen LogP contribution in [0.2, 0.25) is 0 Å². The predicted octanol–water partition coefficient (Wildman–Crippen LogP) is 1.79. The third-order valence-electron chi connectivity index (χ3n) is 4.54. The van der Waals surface area contributed by atoms with Crippen LogP contribution >= 0.6 is 0 Å². The van der Waals surface area contributed by atoms with Gasteiger partial charge >= 0.3 is 5.69 Å². The van der Waals surface area contributed by atoms with Crippen LogP contribution in [0, 0.1) is 16.0 Å². The first-order chi connectivity index (χ1) is 11.5. The van der Waals surface area contributed by atoms with Gasteiger partial charge in [-0.2, -0.15) is 9.97 Å². The minimum Gasteiger partial charge on any atom is -0.378 e. The number of aromatic nitrogens is 2. The minimum absolute atomic E-state index is 0.0990. The SMILES string of the molecule is C[C@H]1CCCN(c2nc(NC[C@@H]3CCCO3)nc(N)c2[N+](=O)[O-])C1. The van der Waals surface area contributed by atoms with E-state index in [0.717, 1.165) is 45.4 Å². The third-order valence-corrected chi connectivity index (χ3v) is 4.54. The van der Waals surface area contributed by atoms with Crippen molar-refractivity contribution in [3.63, 3.8) is 0 Å². The molecule has 0 saturated carbocycles. The van der Waals surface area contributed by atoms with Gasteiger partial charge in [0.05, 0.1) is 11.0 Å². The Labute approximate surface area is 140 Å². The molecule has 24 heavy (non-hydrogen) atoms. The van der Waals surface area contributed by atoms with Crippen molar-refractivity contribution in [3.8, 4) is 0 Å². The number of anilines is 3. The van der Waals surface area contributed by atoms with Crippen LogP contribution in [0.5, 0.6) is 0 Å². The summed E-state index contributed by atoms with van der Waals surface area (Å²) in [4.78, 5) is 21.3. The Morgan fingerprint density at radius 3 is 2.92 bits per heavy atom. The molecule has 1 aromatic rings. The Balaban J connectivity index is 1.84. The molecule has 3 heterocycles. The molecular formula is C15H24N6O3. The van der Waals surface area contributed by atoms with E-state index >= 15 is 0 Å². The summed E-state index contributed by atoms with van der Waals surface area (Å²) in [6.45, 7) is 4.97. The Bertz CT molecular complexity index is 605. The first kappa shape index (κ1) is 16.7. The van der Waals surface area contributed by atoms with Gasteiger partial charge in [0.2, 0.25) is 17.6 Å². The second kappa shape index (κ2) is 7.16. The zero-order valence-electron chi connectivity index (χ0n) is 13.9. The summed E-state index contributed by atoms with van der Waals surface area (Å²) in [5.41, 5.74) is 5.66. The summed E-state index contributed by atoms with van der Waals surface area (Å²) < 4.78 is 5.56. The number of hydrogen-bond acceptors (Lipinski definition) is 8. The van der Waals surface area contributed by atoms with Crippen molar-refractivity contribution in [3.05, 3.63) is 10.1 Å².